The molecule has 0 bridgehead atoms. The second kappa shape index (κ2) is 8.44. The number of nitrogens with zero attached hydrogens (tertiary/aromatic N) is 1. The molecule has 2 aromatic rings. The minimum Gasteiger partial charge on any atom is -0.445 e. The fraction of sp³-hybridized carbons (Fsp3) is 0.333. The Morgan fingerprint density at radius 3 is 2.64 bits per heavy atom. The lowest BCUT2D eigenvalue weighted by Crippen LogP contribution is -2.49. The van der Waals surface area contributed by atoms with Crippen LogP contribution in [0, 0.1) is 19.7 Å². The first-order valence-electron chi connectivity index (χ1n) is 8.18. The molecule has 2 rings (SSSR count). The topological polar surface area (TPSA) is 116 Å². The van der Waals surface area contributed by atoms with Crippen LogP contribution in [0.3, 0.4) is 0 Å². The molecule has 0 unspecified atom stereocenters. The van der Waals surface area contributed by atoms with Crippen molar-refractivity contribution in [3.8, 4) is 0 Å². The lowest BCUT2D eigenvalue weighted by Gasteiger charge is -2.29. The summed E-state index contributed by atoms with van der Waals surface area (Å²) in [5.41, 5.74) is 8.31. The molecule has 1 aromatic heterocycles. The molecule has 0 radical (unpaired) electrons. The van der Waals surface area contributed by atoms with Crippen molar-refractivity contribution in [3.05, 3.63) is 59.2 Å². The second-order valence-electron chi connectivity index (χ2n) is 6.28. The van der Waals surface area contributed by atoms with Crippen LogP contribution in [-0.4, -0.2) is 30.5 Å². The van der Waals surface area contributed by atoms with Gasteiger partial charge in [0.25, 0.3) is 12.3 Å². The number of benzene rings is 1. The third-order valence-electron chi connectivity index (χ3n) is 3.86. The van der Waals surface area contributed by atoms with Gasteiger partial charge in [-0.15, -0.1) is 0 Å². The highest BCUT2D eigenvalue weighted by Gasteiger charge is 2.40. The maximum atomic E-state index is 14.3. The predicted molar refractivity (Wildman–Crippen MR) is 96.3 cm³/mol. The molecule has 1 heterocycles. The normalized spacial score (nSPS) is 13.4. The molecular formula is C18H21F3N4O3. The van der Waals surface area contributed by atoms with E-state index >= 15 is 0 Å². The van der Waals surface area contributed by atoms with Gasteiger partial charge >= 0.3 is 0 Å². The highest BCUT2D eigenvalue weighted by Crippen LogP contribution is 2.31. The van der Waals surface area contributed by atoms with Gasteiger partial charge in [0.05, 0.1) is 13.2 Å². The van der Waals surface area contributed by atoms with E-state index < -0.39 is 35.9 Å². The Labute approximate surface area is 159 Å². The van der Waals surface area contributed by atoms with Crippen molar-refractivity contribution in [2.75, 3.05) is 18.5 Å². The number of alkyl halides is 2. The first-order valence-corrected chi connectivity index (χ1v) is 8.18. The van der Waals surface area contributed by atoms with Crippen molar-refractivity contribution in [3.63, 3.8) is 0 Å². The van der Waals surface area contributed by atoms with E-state index in [0.29, 0.717) is 5.89 Å². The Bertz CT molecular complexity index is 885. The molecule has 28 heavy (non-hydrogen) atoms. The lowest BCUT2D eigenvalue weighted by atomic mass is 9.91. The van der Waals surface area contributed by atoms with E-state index in [4.69, 9.17) is 20.6 Å². The van der Waals surface area contributed by atoms with Gasteiger partial charge in [0.15, 0.2) is 11.6 Å². The number of carbonyl (C=O) groups excluding carboxylic acids is 1. The van der Waals surface area contributed by atoms with E-state index in [1.807, 2.05) is 0 Å². The summed E-state index contributed by atoms with van der Waals surface area (Å²) in [6, 6.07) is 3.17. The Morgan fingerprint density at radius 1 is 1.43 bits per heavy atom. The zero-order valence-electron chi connectivity index (χ0n) is 15.4. The van der Waals surface area contributed by atoms with Gasteiger partial charge in [-0.25, -0.2) is 18.2 Å². The number of halogens is 3. The smallest absolute Gasteiger partial charge is 0.277 e. The number of aryl methyl sites for hydroxylation is 2. The zero-order valence-corrected chi connectivity index (χ0v) is 15.4. The van der Waals surface area contributed by atoms with Crippen LogP contribution in [0.25, 0.3) is 0 Å². The van der Waals surface area contributed by atoms with Gasteiger partial charge in [-0.2, -0.15) is 0 Å². The maximum absolute atomic E-state index is 14.3. The average molecular weight is 398 g/mol. The number of aromatic nitrogens is 1. The quantitative estimate of drug-likeness (QED) is 0.629. The number of hydrogen-bond acceptors (Lipinski definition) is 6. The van der Waals surface area contributed by atoms with Crippen LogP contribution in [0.5, 0.6) is 0 Å². The summed E-state index contributed by atoms with van der Waals surface area (Å²) in [5, 5.41) is 2.46. The first kappa shape index (κ1) is 21.5. The number of anilines is 1. The fourth-order valence-electron chi connectivity index (χ4n) is 2.50. The minimum atomic E-state index is -3.15. The van der Waals surface area contributed by atoms with Gasteiger partial charge in [-0.3, -0.25) is 4.79 Å². The first-order chi connectivity index (χ1) is 13.0. The van der Waals surface area contributed by atoms with Gasteiger partial charge in [0, 0.05) is 23.9 Å². The Hall–Kier alpha value is -2.85. The molecule has 0 aliphatic carbocycles. The summed E-state index contributed by atoms with van der Waals surface area (Å²) < 4.78 is 51.8. The third-order valence-corrected chi connectivity index (χ3v) is 3.86. The summed E-state index contributed by atoms with van der Waals surface area (Å²) >= 11 is 0. The van der Waals surface area contributed by atoms with Gasteiger partial charge < -0.3 is 25.9 Å². The van der Waals surface area contributed by atoms with Crippen LogP contribution in [0.15, 0.2) is 34.9 Å². The van der Waals surface area contributed by atoms with Crippen LogP contribution < -0.4 is 16.8 Å². The molecule has 1 atom stereocenters. The van der Waals surface area contributed by atoms with Crippen LogP contribution in [0.4, 0.5) is 18.9 Å². The highest BCUT2D eigenvalue weighted by atomic mass is 19.3. The summed E-state index contributed by atoms with van der Waals surface area (Å²) in [6.07, 6.45) is -3.15. The molecule has 10 heteroatoms. The molecule has 0 aliphatic heterocycles. The van der Waals surface area contributed by atoms with Crippen molar-refractivity contribution >= 4 is 11.6 Å². The van der Waals surface area contributed by atoms with Crippen LogP contribution in [0.1, 0.15) is 27.7 Å². The van der Waals surface area contributed by atoms with E-state index in [9.17, 15) is 18.0 Å². The molecule has 0 fully saturated rings. The number of rotatable bonds is 8. The molecule has 0 spiro atoms. The summed E-state index contributed by atoms with van der Waals surface area (Å²) in [6.45, 7) is 5.58. The Kier molecular flexibility index (Phi) is 6.47. The van der Waals surface area contributed by atoms with E-state index in [0.717, 1.165) is 12.1 Å². The monoisotopic (exact) mass is 398 g/mol. The highest BCUT2D eigenvalue weighted by molar-refractivity contribution is 6.03. The van der Waals surface area contributed by atoms with Crippen molar-refractivity contribution in [1.82, 2.24) is 4.98 Å². The molecule has 0 aliphatic rings. The van der Waals surface area contributed by atoms with Gasteiger partial charge in [-0.05, 0) is 25.1 Å². The molecule has 5 N–H and O–H groups in total. The Balaban J connectivity index is 2.30. The number of ether oxygens (including phenoxy) is 1. The SMILES string of the molecule is C=C(N)COC[C@](N)(c1cc(NC(=O)c2nc(C)oc2C)ccc1F)C(F)F. The summed E-state index contributed by atoms with van der Waals surface area (Å²) in [4.78, 5) is 16.3. The number of oxazole rings is 1. The van der Waals surface area contributed by atoms with E-state index in [2.05, 4.69) is 16.9 Å². The molecule has 0 saturated heterocycles. The maximum Gasteiger partial charge on any atom is 0.277 e. The lowest BCUT2D eigenvalue weighted by molar-refractivity contribution is -0.0103. The van der Waals surface area contributed by atoms with Crippen molar-refractivity contribution in [1.29, 1.82) is 0 Å². The van der Waals surface area contributed by atoms with Crippen molar-refractivity contribution in [2.45, 2.75) is 25.8 Å². The van der Waals surface area contributed by atoms with E-state index in [1.165, 1.54) is 6.07 Å². The third kappa shape index (κ3) is 4.70. The molecule has 152 valence electrons. The largest absolute Gasteiger partial charge is 0.445 e. The molecule has 0 saturated carbocycles. The predicted octanol–water partition coefficient (Wildman–Crippen LogP) is 2.59. The zero-order chi connectivity index (χ0) is 21.1. The number of carbonyl (C=O) groups is 1. The molecule has 7 nitrogen and oxygen atoms in total. The number of hydrogen-bond donors (Lipinski definition) is 3. The minimum absolute atomic E-state index is 0.0287. The number of amides is 1. The number of nitrogens with one attached hydrogen (secondary N) is 1. The number of nitrogens with two attached hydrogens (primary N) is 2. The van der Waals surface area contributed by atoms with Crippen LogP contribution in [0.2, 0.25) is 0 Å². The van der Waals surface area contributed by atoms with Gasteiger partial charge in [0.1, 0.15) is 17.1 Å². The standard InChI is InChI=1S/C18H21F3N4O3/c1-9(22)7-27-8-18(23,17(20)21)13-6-12(4-5-14(13)19)25-16(26)15-10(2)28-11(3)24-15/h4-6,17H,1,7-8,22-23H2,2-3H3,(H,25,26)/t18-/m0/s1. The van der Waals surface area contributed by atoms with E-state index in [-0.39, 0.29) is 29.4 Å². The summed E-state index contributed by atoms with van der Waals surface area (Å²) in [5.74, 6) is -1.03. The summed E-state index contributed by atoms with van der Waals surface area (Å²) in [7, 11) is 0. The van der Waals surface area contributed by atoms with Crippen LogP contribution >= 0.6 is 0 Å². The van der Waals surface area contributed by atoms with E-state index in [1.54, 1.807) is 13.8 Å². The Morgan fingerprint density at radius 2 is 2.11 bits per heavy atom. The van der Waals surface area contributed by atoms with Crippen molar-refractivity contribution in [2.24, 2.45) is 11.5 Å². The van der Waals surface area contributed by atoms with Crippen LogP contribution in [-0.2, 0) is 10.3 Å². The molecule has 1 aromatic carbocycles. The second-order valence-corrected chi connectivity index (χ2v) is 6.28. The van der Waals surface area contributed by atoms with Gasteiger partial charge in [0.2, 0.25) is 0 Å². The van der Waals surface area contributed by atoms with Crippen molar-refractivity contribution < 1.29 is 27.1 Å². The molecule has 1 amide bonds. The van der Waals surface area contributed by atoms with Gasteiger partial charge in [-0.1, -0.05) is 6.58 Å². The average Bonchev–Trinajstić information content (AvgIpc) is 2.94. The molecular weight excluding hydrogens is 377 g/mol. The fourth-order valence-corrected chi connectivity index (χ4v) is 2.50.